The Kier molecular flexibility index (Phi) is 3.36. The zero-order valence-corrected chi connectivity index (χ0v) is 13.0. The molecule has 0 aliphatic heterocycles. The molecule has 2 aliphatic carbocycles. The average Bonchev–Trinajstić information content (AvgIpc) is 2.51. The lowest BCUT2D eigenvalue weighted by atomic mass is 9.61. The minimum absolute atomic E-state index is 0.0820. The van der Waals surface area contributed by atoms with Gasteiger partial charge in [-0.25, -0.2) is 0 Å². The Morgan fingerprint density at radius 3 is 2.71 bits per heavy atom. The number of fused-ring (bicyclic) bond motifs is 2. The molecule has 3 heteroatoms. The maximum Gasteiger partial charge on any atom is 0.163 e. The van der Waals surface area contributed by atoms with Crippen LogP contribution in [0.1, 0.15) is 67.1 Å². The standard InChI is InChI=1S/C18H24O3/c1-10-7-12-13(8-15(10)19)17(21)11-5-4-6-18(2,3)14(11)9-16(12)20/h7-8,11,14,17,19,21H,4-6,9H2,1-3H3. The van der Waals surface area contributed by atoms with E-state index in [0.717, 1.165) is 19.3 Å². The molecule has 0 saturated heterocycles. The number of rotatable bonds is 0. The summed E-state index contributed by atoms with van der Waals surface area (Å²) < 4.78 is 0. The quantitative estimate of drug-likeness (QED) is 0.764. The molecule has 3 nitrogen and oxygen atoms in total. The van der Waals surface area contributed by atoms with E-state index in [4.69, 9.17) is 0 Å². The molecule has 114 valence electrons. The molecule has 21 heavy (non-hydrogen) atoms. The number of ketones is 1. The van der Waals surface area contributed by atoms with Crippen LogP contribution in [0.5, 0.6) is 5.75 Å². The third kappa shape index (κ3) is 2.28. The van der Waals surface area contributed by atoms with Gasteiger partial charge in [0.05, 0.1) is 6.10 Å². The number of aromatic hydroxyl groups is 1. The average molecular weight is 288 g/mol. The second-order valence-corrected chi connectivity index (χ2v) is 7.45. The first kappa shape index (κ1) is 14.6. The summed E-state index contributed by atoms with van der Waals surface area (Å²) in [5.74, 6) is 0.591. The SMILES string of the molecule is Cc1cc2c(cc1O)C(O)C1CCCC(C)(C)C1CC2=O. The van der Waals surface area contributed by atoms with E-state index < -0.39 is 6.10 Å². The highest BCUT2D eigenvalue weighted by atomic mass is 16.3. The van der Waals surface area contributed by atoms with E-state index in [1.165, 1.54) is 0 Å². The molecule has 1 fully saturated rings. The zero-order chi connectivity index (χ0) is 15.4. The lowest BCUT2D eigenvalue weighted by Gasteiger charge is -2.44. The second kappa shape index (κ2) is 4.84. The molecule has 1 aromatic carbocycles. The van der Waals surface area contributed by atoms with Crippen molar-refractivity contribution in [2.45, 2.75) is 52.6 Å². The zero-order valence-electron chi connectivity index (χ0n) is 13.0. The number of hydrogen-bond acceptors (Lipinski definition) is 3. The summed E-state index contributed by atoms with van der Waals surface area (Å²) >= 11 is 0. The molecule has 1 aromatic rings. The van der Waals surface area contributed by atoms with Crippen LogP contribution < -0.4 is 0 Å². The maximum absolute atomic E-state index is 12.7. The van der Waals surface area contributed by atoms with Crippen molar-refractivity contribution in [1.29, 1.82) is 0 Å². The number of Topliss-reactive ketones (excluding diaryl/α,β-unsaturated/α-hetero) is 1. The molecular formula is C18H24O3. The first-order valence-corrected chi connectivity index (χ1v) is 7.86. The Bertz CT molecular complexity index is 588. The highest BCUT2D eigenvalue weighted by Gasteiger charge is 2.46. The van der Waals surface area contributed by atoms with Gasteiger partial charge in [-0.1, -0.05) is 20.3 Å². The molecule has 3 atom stereocenters. The molecule has 0 bridgehead atoms. The Balaban J connectivity index is 2.12. The fraction of sp³-hybridized carbons (Fsp3) is 0.611. The Labute approximate surface area is 126 Å². The van der Waals surface area contributed by atoms with Crippen molar-refractivity contribution >= 4 is 5.78 Å². The first-order valence-electron chi connectivity index (χ1n) is 7.86. The van der Waals surface area contributed by atoms with Crippen molar-refractivity contribution in [3.05, 3.63) is 28.8 Å². The molecule has 0 aromatic heterocycles. The summed E-state index contributed by atoms with van der Waals surface area (Å²) in [6, 6.07) is 3.33. The molecule has 2 N–H and O–H groups in total. The predicted molar refractivity (Wildman–Crippen MR) is 81.4 cm³/mol. The van der Waals surface area contributed by atoms with E-state index in [0.29, 0.717) is 23.1 Å². The van der Waals surface area contributed by atoms with Crippen LogP contribution in [0.3, 0.4) is 0 Å². The third-order valence-electron chi connectivity index (χ3n) is 5.68. The van der Waals surface area contributed by atoms with Gasteiger partial charge in [0.2, 0.25) is 0 Å². The molecule has 0 amide bonds. The van der Waals surface area contributed by atoms with Gasteiger partial charge in [0.25, 0.3) is 0 Å². The van der Waals surface area contributed by atoms with Crippen LogP contribution in [0.2, 0.25) is 0 Å². The van der Waals surface area contributed by atoms with E-state index in [2.05, 4.69) is 13.8 Å². The Morgan fingerprint density at radius 2 is 2.00 bits per heavy atom. The summed E-state index contributed by atoms with van der Waals surface area (Å²) in [5, 5.41) is 20.8. The van der Waals surface area contributed by atoms with E-state index in [-0.39, 0.29) is 28.8 Å². The van der Waals surface area contributed by atoms with E-state index in [1.807, 2.05) is 0 Å². The second-order valence-electron chi connectivity index (χ2n) is 7.45. The summed E-state index contributed by atoms with van der Waals surface area (Å²) in [5.41, 5.74) is 1.99. The van der Waals surface area contributed by atoms with Crippen molar-refractivity contribution in [1.82, 2.24) is 0 Å². The maximum atomic E-state index is 12.7. The normalized spacial score (nSPS) is 31.2. The lowest BCUT2D eigenvalue weighted by Crippen LogP contribution is -2.37. The van der Waals surface area contributed by atoms with Gasteiger partial charge in [-0.05, 0) is 60.3 Å². The molecule has 3 rings (SSSR count). The number of aryl methyl sites for hydroxylation is 1. The molecule has 2 aliphatic rings. The van der Waals surface area contributed by atoms with Crippen molar-refractivity contribution in [3.8, 4) is 5.75 Å². The number of phenols is 1. The molecule has 0 radical (unpaired) electrons. The third-order valence-corrected chi connectivity index (χ3v) is 5.68. The predicted octanol–water partition coefficient (Wildman–Crippen LogP) is 3.76. The van der Waals surface area contributed by atoms with Gasteiger partial charge < -0.3 is 10.2 Å². The summed E-state index contributed by atoms with van der Waals surface area (Å²) in [4.78, 5) is 12.7. The number of benzene rings is 1. The fourth-order valence-corrected chi connectivity index (χ4v) is 4.30. The number of phenolic OH excluding ortho intramolecular Hbond substituents is 1. The van der Waals surface area contributed by atoms with Gasteiger partial charge in [-0.2, -0.15) is 0 Å². The molecule has 0 heterocycles. The van der Waals surface area contributed by atoms with Crippen LogP contribution in [0, 0.1) is 24.2 Å². The molecule has 1 saturated carbocycles. The minimum Gasteiger partial charge on any atom is -0.508 e. The minimum atomic E-state index is -0.650. The Hall–Kier alpha value is -1.35. The Morgan fingerprint density at radius 1 is 1.29 bits per heavy atom. The van der Waals surface area contributed by atoms with Crippen molar-refractivity contribution in [3.63, 3.8) is 0 Å². The van der Waals surface area contributed by atoms with Crippen LogP contribution in [0.15, 0.2) is 12.1 Å². The monoisotopic (exact) mass is 288 g/mol. The van der Waals surface area contributed by atoms with Crippen molar-refractivity contribution in [2.75, 3.05) is 0 Å². The molecular weight excluding hydrogens is 264 g/mol. The summed E-state index contributed by atoms with van der Waals surface area (Å²) in [6.45, 7) is 6.21. The van der Waals surface area contributed by atoms with Gasteiger partial charge >= 0.3 is 0 Å². The summed E-state index contributed by atoms with van der Waals surface area (Å²) in [7, 11) is 0. The first-order chi connectivity index (χ1) is 9.81. The van der Waals surface area contributed by atoms with Gasteiger partial charge in [-0.15, -0.1) is 0 Å². The van der Waals surface area contributed by atoms with Crippen LogP contribution in [0.4, 0.5) is 0 Å². The van der Waals surface area contributed by atoms with Crippen LogP contribution in [-0.4, -0.2) is 16.0 Å². The van der Waals surface area contributed by atoms with Gasteiger partial charge in [0.15, 0.2) is 5.78 Å². The van der Waals surface area contributed by atoms with E-state index in [1.54, 1.807) is 19.1 Å². The lowest BCUT2D eigenvalue weighted by molar-refractivity contribution is -0.0117. The van der Waals surface area contributed by atoms with Gasteiger partial charge in [0, 0.05) is 12.0 Å². The van der Waals surface area contributed by atoms with Crippen LogP contribution in [-0.2, 0) is 0 Å². The van der Waals surface area contributed by atoms with Crippen molar-refractivity contribution < 1.29 is 15.0 Å². The number of carbonyl (C=O) groups is 1. The number of hydrogen-bond donors (Lipinski definition) is 2. The van der Waals surface area contributed by atoms with E-state index >= 15 is 0 Å². The topological polar surface area (TPSA) is 57.5 Å². The molecule has 0 spiro atoms. The highest BCUT2D eigenvalue weighted by molar-refractivity contribution is 5.98. The smallest absolute Gasteiger partial charge is 0.163 e. The van der Waals surface area contributed by atoms with E-state index in [9.17, 15) is 15.0 Å². The van der Waals surface area contributed by atoms with Crippen molar-refractivity contribution in [2.24, 2.45) is 17.3 Å². The van der Waals surface area contributed by atoms with Gasteiger partial charge in [0.1, 0.15) is 5.75 Å². The molecule has 3 unspecified atom stereocenters. The van der Waals surface area contributed by atoms with Gasteiger partial charge in [-0.3, -0.25) is 4.79 Å². The number of carbonyl (C=O) groups excluding carboxylic acids is 1. The highest BCUT2D eigenvalue weighted by Crippen LogP contribution is 2.52. The number of aliphatic hydroxyl groups is 1. The number of aliphatic hydroxyl groups excluding tert-OH is 1. The summed E-state index contributed by atoms with van der Waals surface area (Å²) in [6.07, 6.45) is 3.01. The largest absolute Gasteiger partial charge is 0.508 e. The van der Waals surface area contributed by atoms with Crippen LogP contribution >= 0.6 is 0 Å². The fourth-order valence-electron chi connectivity index (χ4n) is 4.30. The van der Waals surface area contributed by atoms with Crippen LogP contribution in [0.25, 0.3) is 0 Å².